The van der Waals surface area contributed by atoms with Gasteiger partial charge >= 0.3 is 5.97 Å². The first-order chi connectivity index (χ1) is 18.8. The van der Waals surface area contributed by atoms with Gasteiger partial charge < -0.3 is 9.15 Å². The summed E-state index contributed by atoms with van der Waals surface area (Å²) in [5, 5.41) is 13.3. The van der Waals surface area contributed by atoms with E-state index in [0.29, 0.717) is 49.7 Å². The lowest BCUT2D eigenvalue weighted by Gasteiger charge is -2.24. The largest absolute Gasteiger partial charge is 0.463 e. The standard InChI is InChI=1S/C28H25N3O6S2/c1-4-7-19-24(27(33)36-5-2)25(22-8-6-13-38-22)30-26(32)23(39-28(30)29-19)15-18-11-12-21(37-18)17-10-9-16(3)20(14-17)31(34)35/h6,8-15,25H,4-5,7H2,1-3H3/b23-15-. The number of hydrogen-bond donors (Lipinski definition) is 0. The highest BCUT2D eigenvalue weighted by atomic mass is 32.1. The number of allylic oxidation sites excluding steroid dienone is 1. The Hall–Kier alpha value is -4.09. The zero-order valence-corrected chi connectivity index (χ0v) is 23.1. The normalized spacial score (nSPS) is 15.3. The van der Waals surface area contributed by atoms with Crippen LogP contribution in [0.2, 0.25) is 0 Å². The molecule has 0 fully saturated rings. The number of furan rings is 1. The fourth-order valence-corrected chi connectivity index (χ4v) is 6.33. The Kier molecular flexibility index (Phi) is 7.45. The number of carbonyl (C=O) groups is 1. The molecular weight excluding hydrogens is 538 g/mol. The molecule has 4 heterocycles. The Morgan fingerprint density at radius 2 is 2.08 bits per heavy atom. The predicted molar refractivity (Wildman–Crippen MR) is 149 cm³/mol. The van der Waals surface area contributed by atoms with Gasteiger partial charge in [-0.2, -0.15) is 0 Å². The van der Waals surface area contributed by atoms with Gasteiger partial charge in [-0.25, -0.2) is 9.79 Å². The Balaban J connectivity index is 1.62. The van der Waals surface area contributed by atoms with Crippen LogP contribution in [-0.2, 0) is 9.53 Å². The average Bonchev–Trinajstić information content (AvgIpc) is 3.66. The predicted octanol–water partition coefficient (Wildman–Crippen LogP) is 5.12. The van der Waals surface area contributed by atoms with Crippen molar-refractivity contribution in [1.29, 1.82) is 0 Å². The van der Waals surface area contributed by atoms with E-state index in [1.807, 2.05) is 24.4 Å². The maximum Gasteiger partial charge on any atom is 0.338 e. The highest BCUT2D eigenvalue weighted by molar-refractivity contribution is 7.10. The number of ether oxygens (including phenoxy) is 1. The second kappa shape index (κ2) is 11.0. The van der Waals surface area contributed by atoms with Crippen LogP contribution in [-0.4, -0.2) is 22.1 Å². The zero-order valence-electron chi connectivity index (χ0n) is 21.5. The number of thiophene rings is 1. The van der Waals surface area contributed by atoms with Crippen LogP contribution in [0.3, 0.4) is 0 Å². The molecule has 0 N–H and O–H groups in total. The summed E-state index contributed by atoms with van der Waals surface area (Å²) < 4.78 is 13.3. The van der Waals surface area contributed by atoms with Crippen LogP contribution in [0.4, 0.5) is 5.69 Å². The van der Waals surface area contributed by atoms with E-state index in [2.05, 4.69) is 0 Å². The molecule has 11 heteroatoms. The molecule has 0 radical (unpaired) electrons. The molecule has 5 rings (SSSR count). The van der Waals surface area contributed by atoms with Crippen molar-refractivity contribution in [2.24, 2.45) is 4.99 Å². The van der Waals surface area contributed by atoms with Crippen LogP contribution >= 0.6 is 22.7 Å². The lowest BCUT2D eigenvalue weighted by Crippen LogP contribution is -2.39. The van der Waals surface area contributed by atoms with Gasteiger partial charge in [0.15, 0.2) is 4.80 Å². The summed E-state index contributed by atoms with van der Waals surface area (Å²) in [6, 6.07) is 11.5. The van der Waals surface area contributed by atoms with Crippen molar-refractivity contribution in [1.82, 2.24) is 4.57 Å². The van der Waals surface area contributed by atoms with Gasteiger partial charge in [-0.15, -0.1) is 11.3 Å². The monoisotopic (exact) mass is 563 g/mol. The molecule has 3 aromatic heterocycles. The molecule has 1 aromatic carbocycles. The van der Waals surface area contributed by atoms with Crippen LogP contribution in [0, 0.1) is 17.0 Å². The van der Waals surface area contributed by atoms with Crippen LogP contribution in [0.15, 0.2) is 73.3 Å². The van der Waals surface area contributed by atoms with Gasteiger partial charge in [0.05, 0.1) is 27.3 Å². The molecule has 0 saturated carbocycles. The van der Waals surface area contributed by atoms with Crippen LogP contribution in [0.1, 0.15) is 48.9 Å². The van der Waals surface area contributed by atoms with Crippen molar-refractivity contribution in [2.45, 2.75) is 39.7 Å². The van der Waals surface area contributed by atoms with E-state index in [-0.39, 0.29) is 17.9 Å². The van der Waals surface area contributed by atoms with E-state index in [0.717, 1.165) is 11.3 Å². The van der Waals surface area contributed by atoms with E-state index >= 15 is 0 Å². The molecule has 1 atom stereocenters. The van der Waals surface area contributed by atoms with Gasteiger partial charge in [0.1, 0.15) is 17.6 Å². The first-order valence-corrected chi connectivity index (χ1v) is 14.1. The number of thiazole rings is 1. The molecule has 1 aliphatic heterocycles. The smallest absolute Gasteiger partial charge is 0.338 e. The topological polar surface area (TPSA) is 117 Å². The van der Waals surface area contributed by atoms with Crippen molar-refractivity contribution in [2.75, 3.05) is 6.61 Å². The number of nitro groups is 1. The molecule has 0 saturated heterocycles. The summed E-state index contributed by atoms with van der Waals surface area (Å²) in [6.45, 7) is 5.66. The fraction of sp³-hybridized carbons (Fsp3) is 0.250. The minimum Gasteiger partial charge on any atom is -0.463 e. The Bertz CT molecular complexity index is 1780. The molecule has 9 nitrogen and oxygen atoms in total. The molecular formula is C28H25N3O6S2. The molecule has 200 valence electrons. The lowest BCUT2D eigenvalue weighted by molar-refractivity contribution is -0.385. The van der Waals surface area contributed by atoms with Crippen molar-refractivity contribution in [3.05, 3.63) is 105 Å². The maximum absolute atomic E-state index is 13.7. The number of aryl methyl sites for hydroxylation is 1. The molecule has 39 heavy (non-hydrogen) atoms. The van der Waals surface area contributed by atoms with Crippen molar-refractivity contribution < 1.29 is 18.9 Å². The van der Waals surface area contributed by atoms with Crippen molar-refractivity contribution in [3.8, 4) is 11.3 Å². The second-order valence-corrected chi connectivity index (χ2v) is 10.9. The second-order valence-electron chi connectivity index (χ2n) is 8.89. The molecule has 0 amide bonds. The molecule has 0 aliphatic carbocycles. The summed E-state index contributed by atoms with van der Waals surface area (Å²) in [5.41, 5.74) is 1.85. The number of benzene rings is 1. The highest BCUT2D eigenvalue weighted by Crippen LogP contribution is 2.34. The van der Waals surface area contributed by atoms with E-state index in [1.165, 1.54) is 28.7 Å². The van der Waals surface area contributed by atoms with Crippen molar-refractivity contribution in [3.63, 3.8) is 0 Å². The van der Waals surface area contributed by atoms with Crippen LogP contribution < -0.4 is 14.9 Å². The molecule has 1 unspecified atom stereocenters. The van der Waals surface area contributed by atoms with E-state index in [9.17, 15) is 19.7 Å². The third-order valence-electron chi connectivity index (χ3n) is 6.30. The fourth-order valence-electron chi connectivity index (χ4n) is 4.51. The van der Waals surface area contributed by atoms with Gasteiger partial charge in [-0.3, -0.25) is 19.5 Å². The number of fused-ring (bicyclic) bond motifs is 1. The average molecular weight is 564 g/mol. The minimum absolute atomic E-state index is 0.00706. The minimum atomic E-state index is -0.635. The summed E-state index contributed by atoms with van der Waals surface area (Å²) in [4.78, 5) is 43.9. The summed E-state index contributed by atoms with van der Waals surface area (Å²) in [5.74, 6) is 0.397. The van der Waals surface area contributed by atoms with Gasteiger partial charge in [0.2, 0.25) is 0 Å². The number of rotatable bonds is 8. The Morgan fingerprint density at radius 3 is 2.77 bits per heavy atom. The lowest BCUT2D eigenvalue weighted by atomic mass is 9.99. The number of hydrogen-bond acceptors (Lipinski definition) is 9. The number of nitrogens with zero attached hydrogens (tertiary/aromatic N) is 3. The highest BCUT2D eigenvalue weighted by Gasteiger charge is 2.34. The van der Waals surface area contributed by atoms with Gasteiger partial charge in [-0.1, -0.05) is 42.9 Å². The summed E-state index contributed by atoms with van der Waals surface area (Å²) >= 11 is 2.69. The first-order valence-electron chi connectivity index (χ1n) is 12.4. The van der Waals surface area contributed by atoms with Crippen molar-refractivity contribution >= 4 is 40.4 Å². The van der Waals surface area contributed by atoms with E-state index in [4.69, 9.17) is 14.1 Å². The first kappa shape index (κ1) is 26.5. The molecule has 0 bridgehead atoms. The third kappa shape index (κ3) is 5.02. The Morgan fingerprint density at radius 1 is 1.26 bits per heavy atom. The third-order valence-corrected chi connectivity index (χ3v) is 8.20. The Labute approximate surface area is 231 Å². The zero-order chi connectivity index (χ0) is 27.7. The van der Waals surface area contributed by atoms with Gasteiger partial charge in [0.25, 0.3) is 11.2 Å². The SMILES string of the molecule is CCCC1=C(C(=O)OCC)C(c2cccs2)n2c(s/c(=C\c3ccc(-c4ccc(C)c([N+](=O)[O-])c4)o3)c2=O)=N1. The molecule has 0 spiro atoms. The van der Waals surface area contributed by atoms with E-state index < -0.39 is 16.9 Å². The number of nitro benzene ring substituents is 1. The summed E-state index contributed by atoms with van der Waals surface area (Å²) in [6.07, 6.45) is 2.99. The maximum atomic E-state index is 13.7. The van der Waals surface area contributed by atoms with Crippen LogP contribution in [0.25, 0.3) is 17.4 Å². The van der Waals surface area contributed by atoms with Gasteiger partial charge in [-0.05, 0) is 43.8 Å². The van der Waals surface area contributed by atoms with E-state index in [1.54, 1.807) is 48.8 Å². The molecule has 1 aliphatic rings. The summed E-state index contributed by atoms with van der Waals surface area (Å²) in [7, 11) is 0. The van der Waals surface area contributed by atoms with Crippen LogP contribution in [0.5, 0.6) is 0 Å². The number of aromatic nitrogens is 1. The molecule has 4 aromatic rings. The van der Waals surface area contributed by atoms with Gasteiger partial charge in [0, 0.05) is 28.1 Å². The quantitative estimate of drug-likeness (QED) is 0.167. The number of carbonyl (C=O) groups excluding carboxylic acids is 1. The number of esters is 1.